The van der Waals surface area contributed by atoms with Gasteiger partial charge in [0.25, 0.3) is 0 Å². The molecule has 1 aromatic heterocycles. The lowest BCUT2D eigenvalue weighted by atomic mass is 9.82. The summed E-state index contributed by atoms with van der Waals surface area (Å²) in [5.41, 5.74) is 7.28. The van der Waals surface area contributed by atoms with Crippen LogP contribution in [0.1, 0.15) is 63.8 Å². The van der Waals surface area contributed by atoms with Crippen LogP contribution in [-0.4, -0.2) is 164 Å². The molecule has 3 unspecified atom stereocenters. The summed E-state index contributed by atoms with van der Waals surface area (Å²) in [6, 6.07) is 10.4. The van der Waals surface area contributed by atoms with E-state index in [4.69, 9.17) is 29.8 Å². The van der Waals surface area contributed by atoms with Gasteiger partial charge in [-0.05, 0) is 41.7 Å². The third kappa shape index (κ3) is 22.1. The second kappa shape index (κ2) is 31.1. The number of aliphatic carboxylic acids is 2. The number of aromatic nitrogens is 1. The van der Waals surface area contributed by atoms with Crippen LogP contribution in [0.25, 0.3) is 11.1 Å². The number of rotatable bonds is 34. The van der Waals surface area contributed by atoms with Gasteiger partial charge in [0, 0.05) is 62.0 Å². The van der Waals surface area contributed by atoms with E-state index >= 15 is 4.39 Å². The number of amides is 5. The van der Waals surface area contributed by atoms with Crippen LogP contribution < -0.4 is 27.0 Å². The molecule has 3 aromatic rings. The molecular formula is C48H67F2N7O14. The predicted molar refractivity (Wildman–Crippen MR) is 252 cm³/mol. The first kappa shape index (κ1) is 58.9. The summed E-state index contributed by atoms with van der Waals surface area (Å²) in [5, 5.41) is 38.2. The molecule has 0 aliphatic heterocycles. The Kier molecular flexibility index (Phi) is 25.8. The van der Waals surface area contributed by atoms with Gasteiger partial charge >= 0.3 is 11.9 Å². The van der Waals surface area contributed by atoms with Crippen molar-refractivity contribution in [2.45, 2.75) is 71.1 Å². The molecule has 23 heteroatoms. The summed E-state index contributed by atoms with van der Waals surface area (Å²) in [7, 11) is 0. The van der Waals surface area contributed by atoms with Crippen LogP contribution in [0.15, 0.2) is 60.8 Å². The van der Waals surface area contributed by atoms with E-state index in [2.05, 4.69) is 21.3 Å². The quantitative estimate of drug-likeness (QED) is 0.0392. The lowest BCUT2D eigenvalue weighted by molar-refractivity contribution is -0.142. The number of hydrogen-bond acceptors (Lipinski definition) is 13. The first-order valence-electron chi connectivity index (χ1n) is 23.0. The number of aliphatic hydroxyl groups excluding tert-OH is 1. The minimum Gasteiger partial charge on any atom is -0.481 e. The largest absolute Gasteiger partial charge is 0.481 e. The van der Waals surface area contributed by atoms with Gasteiger partial charge in [0.05, 0.1) is 77.9 Å². The van der Waals surface area contributed by atoms with Crippen molar-refractivity contribution in [1.82, 2.24) is 30.7 Å². The van der Waals surface area contributed by atoms with Gasteiger partial charge in [0.1, 0.15) is 24.3 Å². The van der Waals surface area contributed by atoms with Crippen LogP contribution in [0.2, 0.25) is 0 Å². The summed E-state index contributed by atoms with van der Waals surface area (Å²) < 4.78 is 52.9. The summed E-state index contributed by atoms with van der Waals surface area (Å²) in [6.07, 6.45) is 0.839. The van der Waals surface area contributed by atoms with E-state index in [1.807, 2.05) is 55.7 Å². The van der Waals surface area contributed by atoms with Crippen molar-refractivity contribution < 1.29 is 76.6 Å². The number of carbonyl (C=O) groups excluding carboxylic acids is 5. The highest BCUT2D eigenvalue weighted by Crippen LogP contribution is 2.41. The molecule has 0 aliphatic carbocycles. The van der Waals surface area contributed by atoms with Gasteiger partial charge < -0.3 is 70.7 Å². The Balaban J connectivity index is 1.40. The highest BCUT2D eigenvalue weighted by molar-refractivity contribution is 5.88. The maximum absolute atomic E-state index is 15.1. The first-order chi connectivity index (χ1) is 33.8. The molecule has 3 rings (SSSR count). The van der Waals surface area contributed by atoms with Crippen LogP contribution in [0.5, 0.6) is 0 Å². The number of hydrogen-bond donors (Lipinski definition) is 8. The van der Waals surface area contributed by atoms with Gasteiger partial charge in [-0.3, -0.25) is 28.8 Å². The second-order valence-corrected chi connectivity index (χ2v) is 17.2. The van der Waals surface area contributed by atoms with E-state index < -0.39 is 89.8 Å². The molecule has 0 saturated carbocycles. The van der Waals surface area contributed by atoms with Crippen molar-refractivity contribution in [1.29, 1.82) is 0 Å². The molecule has 3 atom stereocenters. The fourth-order valence-corrected chi connectivity index (χ4v) is 7.03. The zero-order valence-electron chi connectivity index (χ0n) is 40.3. The molecule has 71 heavy (non-hydrogen) atoms. The van der Waals surface area contributed by atoms with E-state index in [0.717, 1.165) is 23.8 Å². The highest BCUT2D eigenvalue weighted by atomic mass is 19.1. The smallest absolute Gasteiger partial charge is 0.328 e. The van der Waals surface area contributed by atoms with Gasteiger partial charge in [-0.25, -0.2) is 13.6 Å². The summed E-state index contributed by atoms with van der Waals surface area (Å²) in [4.78, 5) is 86.3. The molecule has 392 valence electrons. The Morgan fingerprint density at radius 3 is 1.99 bits per heavy atom. The molecule has 21 nitrogen and oxygen atoms in total. The molecule has 0 saturated heterocycles. The molecule has 1 heterocycles. The molecule has 0 bridgehead atoms. The van der Waals surface area contributed by atoms with Crippen LogP contribution in [0, 0.1) is 17.0 Å². The predicted octanol–water partition coefficient (Wildman–Crippen LogP) is 1.35. The summed E-state index contributed by atoms with van der Waals surface area (Å²) in [5.74, 6) is -6.93. The number of aliphatic hydroxyl groups is 1. The topological polar surface area (TPSA) is 299 Å². The minimum atomic E-state index is -1.55. The SMILES string of the molecule is CC(C)(C)C(c1cc(-c2cc(F)ccc2F)cn1Cc1ccccc1)N(CCC(N)C(=O)NC(CNC(=O)CCOCCOCCOCCOCCNC(=O)CNC(=O)CCC(=O)O)C(=O)O)C(=O)CO. The Morgan fingerprint density at radius 2 is 1.38 bits per heavy atom. The van der Waals surface area contributed by atoms with Gasteiger partial charge in [-0.2, -0.15) is 0 Å². The van der Waals surface area contributed by atoms with Gasteiger partial charge in [0.15, 0.2) is 0 Å². The van der Waals surface area contributed by atoms with Crippen molar-refractivity contribution >= 4 is 41.5 Å². The Hall–Kier alpha value is -6.37. The number of benzene rings is 2. The van der Waals surface area contributed by atoms with Crippen LogP contribution in [-0.2, 0) is 59.1 Å². The zero-order valence-corrected chi connectivity index (χ0v) is 40.3. The highest BCUT2D eigenvalue weighted by Gasteiger charge is 2.38. The Bertz CT molecular complexity index is 2190. The lowest BCUT2D eigenvalue weighted by Gasteiger charge is -2.41. The van der Waals surface area contributed by atoms with Crippen molar-refractivity contribution in [3.63, 3.8) is 0 Å². The molecule has 9 N–H and O–H groups in total. The number of carboxylic acid groups (broad SMARTS) is 2. The molecule has 0 fully saturated rings. The van der Waals surface area contributed by atoms with Crippen molar-refractivity contribution in [3.05, 3.63) is 83.7 Å². The van der Waals surface area contributed by atoms with Crippen molar-refractivity contribution in [3.8, 4) is 11.1 Å². The zero-order chi connectivity index (χ0) is 52.3. The second-order valence-electron chi connectivity index (χ2n) is 17.2. The number of nitrogens with one attached hydrogen (secondary N) is 4. The number of carbonyl (C=O) groups is 7. The normalized spacial score (nSPS) is 12.6. The van der Waals surface area contributed by atoms with Crippen LogP contribution >= 0.6 is 0 Å². The number of halogens is 2. The monoisotopic (exact) mass is 1000 g/mol. The number of nitrogens with two attached hydrogens (primary N) is 1. The number of carboxylic acids is 2. The van der Waals surface area contributed by atoms with Crippen LogP contribution in [0.3, 0.4) is 0 Å². The minimum absolute atomic E-state index is 0.00149. The third-order valence-electron chi connectivity index (χ3n) is 10.5. The molecule has 5 amide bonds. The van der Waals surface area contributed by atoms with E-state index in [9.17, 15) is 48.2 Å². The van der Waals surface area contributed by atoms with Gasteiger partial charge in [-0.15, -0.1) is 0 Å². The van der Waals surface area contributed by atoms with E-state index in [-0.39, 0.29) is 104 Å². The molecule has 2 aromatic carbocycles. The first-order valence-corrected chi connectivity index (χ1v) is 23.0. The fourth-order valence-electron chi connectivity index (χ4n) is 7.03. The molecule has 0 spiro atoms. The van der Waals surface area contributed by atoms with E-state index in [0.29, 0.717) is 17.8 Å². The van der Waals surface area contributed by atoms with E-state index in [1.165, 1.54) is 4.90 Å². The average Bonchev–Trinajstić information content (AvgIpc) is 3.73. The standard InChI is InChI=1S/C48H67F2N7O14/c1-48(2,3)45(39-25-33(35-26-34(49)9-10-36(35)50)30-56(39)29-32-7-5-4-6-8-32)57(43(62)31-58)16-13-37(51)46(65)55-38(47(66)67)27-53-41(60)14-17-68-19-21-70-23-24-71-22-20-69-18-15-52-42(61)28-54-40(59)11-12-44(63)64/h4-10,25-26,30,37-38,45,58H,11-24,27-29,31,51H2,1-3H3,(H,52,61)(H,53,60)(H,54,59)(H,55,65)(H,63,64)(H,66,67). The molecule has 0 aliphatic rings. The fraction of sp³-hybridized carbons (Fsp3) is 0.521. The summed E-state index contributed by atoms with van der Waals surface area (Å²) in [6.45, 7) is 5.91. The number of nitrogens with zero attached hydrogens (tertiary/aromatic N) is 2. The number of ether oxygens (including phenoxy) is 4. The maximum atomic E-state index is 15.1. The van der Waals surface area contributed by atoms with Gasteiger partial charge in [0.2, 0.25) is 29.5 Å². The lowest BCUT2D eigenvalue weighted by Crippen LogP contribution is -2.53. The van der Waals surface area contributed by atoms with Crippen molar-refractivity contribution in [2.75, 3.05) is 85.6 Å². The Morgan fingerprint density at radius 1 is 0.761 bits per heavy atom. The van der Waals surface area contributed by atoms with Gasteiger partial charge in [-0.1, -0.05) is 51.1 Å². The molecular weight excluding hydrogens is 937 g/mol. The summed E-state index contributed by atoms with van der Waals surface area (Å²) >= 11 is 0. The maximum Gasteiger partial charge on any atom is 0.328 e. The average molecular weight is 1000 g/mol. The molecule has 0 radical (unpaired) electrons. The van der Waals surface area contributed by atoms with E-state index in [1.54, 1.807) is 12.3 Å². The van der Waals surface area contributed by atoms with Crippen molar-refractivity contribution in [2.24, 2.45) is 11.1 Å². The third-order valence-corrected chi connectivity index (χ3v) is 10.5. The van der Waals surface area contributed by atoms with Crippen LogP contribution in [0.4, 0.5) is 8.78 Å². The Labute approximate surface area is 410 Å².